The van der Waals surface area contributed by atoms with Crippen molar-refractivity contribution in [2.45, 2.75) is 25.9 Å². The van der Waals surface area contributed by atoms with Crippen LogP contribution in [-0.2, 0) is 4.74 Å². The molecule has 2 N–H and O–H groups in total. The highest BCUT2D eigenvalue weighted by molar-refractivity contribution is 5.95. The van der Waals surface area contributed by atoms with E-state index in [-0.39, 0.29) is 17.9 Å². The van der Waals surface area contributed by atoms with E-state index >= 15 is 0 Å². The standard InChI is InChI=1S/C16H20N4O2/c1-11-4-5-17-10-14(11)16(21)18-7-12-3-2-6-22-15(12)13-8-19-20-9-13/h4-5,8-10,12,15H,2-3,6-7H2,1H3,(H,18,21)(H,19,20)/t12-,15+/m0/s1. The molecule has 2 atom stereocenters. The van der Waals surface area contributed by atoms with Crippen LogP contribution in [0, 0.1) is 12.8 Å². The molecule has 1 fully saturated rings. The van der Waals surface area contributed by atoms with Crippen LogP contribution < -0.4 is 5.32 Å². The van der Waals surface area contributed by atoms with Gasteiger partial charge < -0.3 is 10.1 Å². The molecule has 2 aromatic rings. The van der Waals surface area contributed by atoms with Crippen molar-refractivity contribution in [3.8, 4) is 0 Å². The summed E-state index contributed by atoms with van der Waals surface area (Å²) in [5, 5.41) is 9.82. The van der Waals surface area contributed by atoms with E-state index in [1.807, 2.05) is 19.2 Å². The second-order valence-corrected chi connectivity index (χ2v) is 5.63. The molecular weight excluding hydrogens is 280 g/mol. The molecule has 116 valence electrons. The van der Waals surface area contributed by atoms with Crippen molar-refractivity contribution in [1.82, 2.24) is 20.5 Å². The third-order valence-corrected chi connectivity index (χ3v) is 4.10. The molecule has 0 unspecified atom stereocenters. The van der Waals surface area contributed by atoms with Gasteiger partial charge in [0.1, 0.15) is 0 Å². The van der Waals surface area contributed by atoms with Crippen LogP contribution in [0.15, 0.2) is 30.9 Å². The van der Waals surface area contributed by atoms with Crippen LogP contribution in [0.2, 0.25) is 0 Å². The lowest BCUT2D eigenvalue weighted by Crippen LogP contribution is -2.35. The quantitative estimate of drug-likeness (QED) is 0.905. The number of hydrogen-bond donors (Lipinski definition) is 2. The van der Waals surface area contributed by atoms with Crippen molar-refractivity contribution in [1.29, 1.82) is 0 Å². The molecule has 0 spiro atoms. The largest absolute Gasteiger partial charge is 0.373 e. The molecule has 1 saturated heterocycles. The van der Waals surface area contributed by atoms with Crippen LogP contribution in [0.1, 0.15) is 40.4 Å². The summed E-state index contributed by atoms with van der Waals surface area (Å²) < 4.78 is 5.87. The van der Waals surface area contributed by atoms with E-state index in [2.05, 4.69) is 20.5 Å². The summed E-state index contributed by atoms with van der Waals surface area (Å²) in [6.45, 7) is 3.25. The van der Waals surface area contributed by atoms with Gasteiger partial charge in [-0.3, -0.25) is 14.9 Å². The highest BCUT2D eigenvalue weighted by Crippen LogP contribution is 2.32. The third-order valence-electron chi connectivity index (χ3n) is 4.10. The molecule has 1 aliphatic heterocycles. The zero-order valence-corrected chi connectivity index (χ0v) is 12.6. The Morgan fingerprint density at radius 2 is 2.41 bits per heavy atom. The lowest BCUT2D eigenvalue weighted by atomic mass is 9.90. The summed E-state index contributed by atoms with van der Waals surface area (Å²) in [6, 6.07) is 1.84. The lowest BCUT2D eigenvalue weighted by Gasteiger charge is -2.31. The van der Waals surface area contributed by atoms with E-state index in [9.17, 15) is 4.79 Å². The summed E-state index contributed by atoms with van der Waals surface area (Å²) in [7, 11) is 0. The van der Waals surface area contributed by atoms with Crippen LogP contribution in [0.4, 0.5) is 0 Å². The second-order valence-electron chi connectivity index (χ2n) is 5.63. The first kappa shape index (κ1) is 14.7. The minimum Gasteiger partial charge on any atom is -0.373 e. The van der Waals surface area contributed by atoms with E-state index in [1.165, 1.54) is 0 Å². The highest BCUT2D eigenvalue weighted by Gasteiger charge is 2.28. The van der Waals surface area contributed by atoms with E-state index in [0.29, 0.717) is 12.1 Å². The Hall–Kier alpha value is -2.21. The smallest absolute Gasteiger partial charge is 0.253 e. The molecular formula is C16H20N4O2. The Morgan fingerprint density at radius 1 is 1.50 bits per heavy atom. The Kier molecular flexibility index (Phi) is 4.48. The molecule has 6 heteroatoms. The number of H-pyrrole nitrogens is 1. The van der Waals surface area contributed by atoms with Crippen LogP contribution in [0.25, 0.3) is 0 Å². The number of nitrogens with zero attached hydrogens (tertiary/aromatic N) is 2. The number of ether oxygens (including phenoxy) is 1. The first-order chi connectivity index (χ1) is 10.8. The normalized spacial score (nSPS) is 21.5. The molecule has 3 heterocycles. The molecule has 0 aromatic carbocycles. The van der Waals surface area contributed by atoms with E-state index in [4.69, 9.17) is 4.74 Å². The van der Waals surface area contributed by atoms with Crippen molar-refractivity contribution in [3.05, 3.63) is 47.5 Å². The van der Waals surface area contributed by atoms with E-state index < -0.39 is 0 Å². The number of nitrogens with one attached hydrogen (secondary N) is 2. The van der Waals surface area contributed by atoms with Crippen LogP contribution in [0.5, 0.6) is 0 Å². The van der Waals surface area contributed by atoms with Crippen molar-refractivity contribution in [3.63, 3.8) is 0 Å². The molecule has 6 nitrogen and oxygen atoms in total. The molecule has 2 aromatic heterocycles. The maximum Gasteiger partial charge on any atom is 0.253 e. The number of aryl methyl sites for hydroxylation is 1. The fraction of sp³-hybridized carbons (Fsp3) is 0.438. The first-order valence-electron chi connectivity index (χ1n) is 7.55. The number of aromatic amines is 1. The number of amides is 1. The van der Waals surface area contributed by atoms with Crippen LogP contribution >= 0.6 is 0 Å². The summed E-state index contributed by atoms with van der Waals surface area (Å²) >= 11 is 0. The average Bonchev–Trinajstić information content (AvgIpc) is 3.07. The van der Waals surface area contributed by atoms with Gasteiger partial charge in [-0.2, -0.15) is 5.10 Å². The van der Waals surface area contributed by atoms with Gasteiger partial charge >= 0.3 is 0 Å². The van der Waals surface area contributed by atoms with E-state index in [0.717, 1.165) is 30.6 Å². The van der Waals surface area contributed by atoms with E-state index in [1.54, 1.807) is 18.6 Å². The summed E-state index contributed by atoms with van der Waals surface area (Å²) in [5.74, 6) is 0.175. The number of hydrogen-bond acceptors (Lipinski definition) is 4. The molecule has 0 radical (unpaired) electrons. The number of carbonyl (C=O) groups is 1. The zero-order valence-electron chi connectivity index (χ0n) is 12.6. The number of carbonyl (C=O) groups excluding carboxylic acids is 1. The molecule has 0 aliphatic carbocycles. The predicted molar refractivity (Wildman–Crippen MR) is 81.3 cm³/mol. The lowest BCUT2D eigenvalue weighted by molar-refractivity contribution is -0.0272. The Bertz CT molecular complexity index is 627. The van der Waals surface area contributed by atoms with Gasteiger partial charge in [-0.1, -0.05) is 0 Å². The van der Waals surface area contributed by atoms with Gasteiger partial charge in [-0.25, -0.2) is 0 Å². The third kappa shape index (κ3) is 3.17. The molecule has 1 aliphatic rings. The van der Waals surface area contributed by atoms with Crippen LogP contribution in [-0.4, -0.2) is 34.2 Å². The number of pyridine rings is 1. The second kappa shape index (κ2) is 6.70. The maximum absolute atomic E-state index is 12.3. The molecule has 0 saturated carbocycles. The Balaban J connectivity index is 1.64. The number of rotatable bonds is 4. The van der Waals surface area contributed by atoms with Gasteiger partial charge in [0.15, 0.2) is 0 Å². The monoisotopic (exact) mass is 300 g/mol. The molecule has 22 heavy (non-hydrogen) atoms. The van der Waals surface area contributed by atoms with Gasteiger partial charge in [0.2, 0.25) is 0 Å². The SMILES string of the molecule is Cc1ccncc1C(=O)NC[C@@H]1CCCO[C@H]1c1cn[nH]c1. The number of aromatic nitrogens is 3. The zero-order chi connectivity index (χ0) is 15.4. The van der Waals surface area contributed by atoms with Gasteiger partial charge in [-0.15, -0.1) is 0 Å². The highest BCUT2D eigenvalue weighted by atomic mass is 16.5. The Morgan fingerprint density at radius 3 is 3.18 bits per heavy atom. The van der Waals surface area contributed by atoms with Gasteiger partial charge in [0.25, 0.3) is 5.91 Å². The van der Waals surface area contributed by atoms with Gasteiger partial charge in [0, 0.05) is 43.2 Å². The summed E-state index contributed by atoms with van der Waals surface area (Å²) in [4.78, 5) is 16.3. The van der Waals surface area contributed by atoms with Crippen molar-refractivity contribution in [2.24, 2.45) is 5.92 Å². The van der Waals surface area contributed by atoms with Crippen molar-refractivity contribution >= 4 is 5.91 Å². The maximum atomic E-state index is 12.3. The fourth-order valence-electron chi connectivity index (χ4n) is 2.86. The fourth-order valence-corrected chi connectivity index (χ4v) is 2.86. The van der Waals surface area contributed by atoms with Gasteiger partial charge in [-0.05, 0) is 31.4 Å². The summed E-state index contributed by atoms with van der Waals surface area (Å²) in [5.41, 5.74) is 2.59. The first-order valence-corrected chi connectivity index (χ1v) is 7.55. The minimum absolute atomic E-state index is 0.0113. The van der Waals surface area contributed by atoms with Crippen LogP contribution in [0.3, 0.4) is 0 Å². The molecule has 1 amide bonds. The average molecular weight is 300 g/mol. The summed E-state index contributed by atoms with van der Waals surface area (Å²) in [6.07, 6.45) is 8.98. The van der Waals surface area contributed by atoms with Crippen molar-refractivity contribution in [2.75, 3.05) is 13.2 Å². The topological polar surface area (TPSA) is 79.9 Å². The predicted octanol–water partition coefficient (Wildman–Crippen LogP) is 2.01. The Labute approximate surface area is 129 Å². The van der Waals surface area contributed by atoms with Crippen molar-refractivity contribution < 1.29 is 9.53 Å². The molecule has 0 bridgehead atoms. The van der Waals surface area contributed by atoms with Gasteiger partial charge in [0.05, 0.1) is 17.9 Å². The molecule has 3 rings (SSSR count). The minimum atomic E-state index is -0.0814.